The van der Waals surface area contributed by atoms with Gasteiger partial charge in [0.25, 0.3) is 0 Å². The molecule has 46 heavy (non-hydrogen) atoms. The molecule has 3 aliphatic carbocycles. The van der Waals surface area contributed by atoms with E-state index in [4.69, 9.17) is 14.1 Å². The fourth-order valence-corrected chi connectivity index (χ4v) is 9.10. The summed E-state index contributed by atoms with van der Waals surface area (Å²) in [7, 11) is -1.17. The molecule has 3 fully saturated rings. The van der Waals surface area contributed by atoms with Crippen LogP contribution in [0.2, 0.25) is 0 Å². The van der Waals surface area contributed by atoms with E-state index in [0.29, 0.717) is 29.6 Å². The lowest BCUT2D eigenvalue weighted by Crippen LogP contribution is -2.63. The molecule has 1 amide bonds. The van der Waals surface area contributed by atoms with Crippen LogP contribution >= 0.6 is 0 Å². The lowest BCUT2D eigenvalue weighted by molar-refractivity contribution is -0.205. The minimum absolute atomic E-state index is 0.0355. The third-order valence-corrected chi connectivity index (χ3v) is 11.9. The fourth-order valence-electron chi connectivity index (χ4n) is 9.10. The van der Waals surface area contributed by atoms with Crippen molar-refractivity contribution in [1.82, 2.24) is 5.32 Å². The zero-order valence-corrected chi connectivity index (χ0v) is 28.4. The molecule has 8 atom stereocenters. The molecule has 0 aromatic heterocycles. The van der Waals surface area contributed by atoms with Crippen LogP contribution < -0.4 is 16.1 Å². The van der Waals surface area contributed by atoms with Gasteiger partial charge in [0.15, 0.2) is 0 Å². The number of alkyl carbamates (subject to hydrolysis) is 1. The van der Waals surface area contributed by atoms with Crippen LogP contribution in [0.15, 0.2) is 24.8 Å². The molecule has 3 saturated carbocycles. The zero-order chi connectivity index (χ0) is 33.8. The Morgan fingerprint density at radius 1 is 1.22 bits per heavy atom. The highest BCUT2D eigenvalue weighted by atomic mass is 16.6. The molecular weight excluding hydrogens is 587 g/mol. The summed E-state index contributed by atoms with van der Waals surface area (Å²) in [5.74, 6) is -0.590. The highest BCUT2D eigenvalue weighted by Gasteiger charge is 2.68. The maximum absolute atomic E-state index is 13.7. The van der Waals surface area contributed by atoms with Crippen LogP contribution in [0.25, 0.3) is 0 Å². The van der Waals surface area contributed by atoms with Crippen molar-refractivity contribution in [2.24, 2.45) is 34.0 Å². The molecule has 11 heteroatoms. The van der Waals surface area contributed by atoms with E-state index in [-0.39, 0.29) is 48.6 Å². The Hall–Kier alpha value is -2.89. The Morgan fingerprint density at radius 3 is 2.61 bits per heavy atom. The Bertz CT molecular complexity index is 1400. The van der Waals surface area contributed by atoms with Gasteiger partial charge in [-0.2, -0.15) is 0 Å². The van der Waals surface area contributed by atoms with Gasteiger partial charge in [0.1, 0.15) is 24.0 Å². The highest BCUT2D eigenvalue weighted by Crippen LogP contribution is 2.68. The molecule has 1 aromatic rings. The van der Waals surface area contributed by atoms with Gasteiger partial charge in [-0.05, 0) is 86.4 Å². The van der Waals surface area contributed by atoms with E-state index in [1.54, 1.807) is 32.9 Å². The number of hydrogen-bond acceptors (Lipinski definition) is 9. The van der Waals surface area contributed by atoms with Gasteiger partial charge in [-0.1, -0.05) is 39.8 Å². The van der Waals surface area contributed by atoms with Crippen LogP contribution in [0.1, 0.15) is 91.7 Å². The molecule has 1 heterocycles. The number of fused-ring (bicyclic) bond motifs is 1. The third-order valence-electron chi connectivity index (χ3n) is 11.9. The summed E-state index contributed by atoms with van der Waals surface area (Å²) in [4.78, 5) is 39.9. The van der Waals surface area contributed by atoms with Crippen LogP contribution in [0, 0.1) is 34.0 Å². The number of nitrogens with one attached hydrogen (secondary N) is 2. The second-order valence-corrected chi connectivity index (χ2v) is 15.6. The first kappa shape index (κ1) is 34.4. The number of benzene rings is 1. The highest BCUT2D eigenvalue weighted by molar-refractivity contribution is 6.62. The molecule has 4 aliphatic rings. The van der Waals surface area contributed by atoms with Crippen LogP contribution in [0.3, 0.4) is 0 Å². The van der Waals surface area contributed by atoms with Gasteiger partial charge in [-0.15, -0.1) is 6.58 Å². The van der Waals surface area contributed by atoms with Gasteiger partial charge in [0, 0.05) is 35.4 Å². The first-order valence-corrected chi connectivity index (χ1v) is 16.7. The second kappa shape index (κ2) is 12.3. The van der Waals surface area contributed by atoms with E-state index in [1.807, 2.05) is 13.0 Å². The summed E-state index contributed by atoms with van der Waals surface area (Å²) >= 11 is 0. The molecule has 1 aromatic carbocycles. The number of ether oxygens (including phenoxy) is 2. The summed E-state index contributed by atoms with van der Waals surface area (Å²) < 4.78 is 17.2. The first-order valence-electron chi connectivity index (χ1n) is 16.7. The quantitative estimate of drug-likeness (QED) is 0.196. The molecule has 1 aliphatic heterocycles. The lowest BCUT2D eigenvalue weighted by atomic mass is 9.44. The average Bonchev–Trinajstić information content (AvgIpc) is 3.55. The van der Waals surface area contributed by atoms with Gasteiger partial charge < -0.3 is 34.9 Å². The van der Waals surface area contributed by atoms with Crippen molar-refractivity contribution in [2.45, 2.75) is 112 Å². The molecule has 5 rings (SSSR count). The van der Waals surface area contributed by atoms with Crippen molar-refractivity contribution >= 4 is 36.1 Å². The number of anilines is 1. The number of esters is 1. The van der Waals surface area contributed by atoms with Crippen molar-refractivity contribution < 1.29 is 38.6 Å². The topological polar surface area (TPSA) is 143 Å². The van der Waals surface area contributed by atoms with E-state index in [9.17, 15) is 24.5 Å². The van der Waals surface area contributed by atoms with E-state index in [2.05, 4.69) is 38.0 Å². The standard InChI is InChI=1S/C35H51BN2O8/c1-9-33(7)16-26(34(8)20(2)12-14-35(21(3)30(33)41)15-13-25(39)29(34)35)45-27(40)18-37-24-11-10-22-19-44-36(43)28(22)23(24)17-38-31(42)46-32(4,5)6/h9-11,20-21,26,29-30,37,41,43H,1,12-19H2,2-8H3,(H,38,42)/t20-,21-,26+,29-,30-,33+,34-,35-/m0/s1. The van der Waals surface area contributed by atoms with Gasteiger partial charge in [-0.3, -0.25) is 9.59 Å². The molecule has 4 N–H and O–H groups in total. The number of ketones is 1. The maximum atomic E-state index is 13.7. The van der Waals surface area contributed by atoms with Gasteiger partial charge >= 0.3 is 19.2 Å². The number of amides is 1. The Kier molecular flexibility index (Phi) is 9.20. The Balaban J connectivity index is 1.40. The van der Waals surface area contributed by atoms with Gasteiger partial charge in [0.2, 0.25) is 0 Å². The minimum Gasteiger partial charge on any atom is -0.460 e. The third kappa shape index (κ3) is 5.88. The van der Waals surface area contributed by atoms with Gasteiger partial charge in [0.05, 0.1) is 12.7 Å². The predicted molar refractivity (Wildman–Crippen MR) is 175 cm³/mol. The van der Waals surface area contributed by atoms with Crippen LogP contribution in [-0.4, -0.2) is 59.4 Å². The SMILES string of the molecule is C=C[C@]1(C)C[C@@H](OC(=O)CNc2ccc3c(c2CNC(=O)OC(C)(C)C)B(O)OC3)[C@@]2(C)[C@@H]3C(=O)CC[C@@]3(CC[C@@H]2C)[C@@H](C)[C@@H]1O. The number of Topliss-reactive ketones (excluding diaryl/α,β-unsaturated/α-hetero) is 1. The monoisotopic (exact) mass is 638 g/mol. The van der Waals surface area contributed by atoms with E-state index < -0.39 is 47.8 Å². The summed E-state index contributed by atoms with van der Waals surface area (Å²) in [5.41, 5.74) is 0.0746. The van der Waals surface area contributed by atoms with E-state index >= 15 is 0 Å². The number of carbonyl (C=O) groups excluding carboxylic acids is 3. The zero-order valence-electron chi connectivity index (χ0n) is 28.4. The average molecular weight is 639 g/mol. The smallest absolute Gasteiger partial charge is 0.460 e. The normalized spacial score (nSPS) is 35.4. The molecule has 0 saturated heterocycles. The molecule has 252 valence electrons. The number of rotatable bonds is 7. The molecule has 0 radical (unpaired) electrons. The van der Waals surface area contributed by atoms with Crippen LogP contribution in [-0.2, 0) is 36.9 Å². The van der Waals surface area contributed by atoms with Gasteiger partial charge in [-0.25, -0.2) is 4.79 Å². The molecule has 0 spiro atoms. The van der Waals surface area contributed by atoms with Crippen molar-refractivity contribution in [3.63, 3.8) is 0 Å². The van der Waals surface area contributed by atoms with Crippen molar-refractivity contribution in [1.29, 1.82) is 0 Å². The largest absolute Gasteiger partial charge is 0.492 e. The fraction of sp³-hybridized carbons (Fsp3) is 0.686. The first-order chi connectivity index (χ1) is 21.5. The number of hydrogen-bond donors (Lipinski definition) is 4. The summed E-state index contributed by atoms with van der Waals surface area (Å²) in [5, 5.41) is 28.3. The molecule has 2 bridgehead atoms. The molecule has 0 unspecified atom stereocenters. The summed E-state index contributed by atoms with van der Waals surface area (Å²) in [6.45, 7) is 17.8. The Morgan fingerprint density at radius 2 is 1.93 bits per heavy atom. The van der Waals surface area contributed by atoms with E-state index in [0.717, 1.165) is 24.8 Å². The number of aliphatic hydroxyl groups is 1. The van der Waals surface area contributed by atoms with Crippen molar-refractivity contribution in [2.75, 3.05) is 11.9 Å². The Labute approximate surface area is 273 Å². The minimum atomic E-state index is -1.17. The van der Waals surface area contributed by atoms with Crippen molar-refractivity contribution in [3.8, 4) is 0 Å². The number of carbonyl (C=O) groups is 3. The maximum Gasteiger partial charge on any atom is 0.492 e. The summed E-state index contributed by atoms with van der Waals surface area (Å²) in [6.07, 6.45) is 3.12. The molecular formula is C35H51BN2O8. The second-order valence-electron chi connectivity index (χ2n) is 15.6. The lowest BCUT2D eigenvalue weighted by Gasteiger charge is -2.61. The summed E-state index contributed by atoms with van der Waals surface area (Å²) in [6, 6.07) is 3.61. The van der Waals surface area contributed by atoms with Crippen LogP contribution in [0.5, 0.6) is 0 Å². The molecule has 10 nitrogen and oxygen atoms in total. The van der Waals surface area contributed by atoms with Crippen molar-refractivity contribution in [3.05, 3.63) is 35.9 Å². The van der Waals surface area contributed by atoms with E-state index in [1.165, 1.54) is 0 Å². The van der Waals surface area contributed by atoms with Crippen LogP contribution in [0.4, 0.5) is 10.5 Å². The predicted octanol–water partition coefficient (Wildman–Crippen LogP) is 4.25. The number of aliphatic hydroxyl groups excluding tert-OH is 1.